The molecule has 7 nitrogen and oxygen atoms in total. The summed E-state index contributed by atoms with van der Waals surface area (Å²) in [5.41, 5.74) is 1.23. The van der Waals surface area contributed by atoms with E-state index in [4.69, 9.17) is 11.6 Å². The first-order chi connectivity index (χ1) is 14.9. The van der Waals surface area contributed by atoms with Crippen molar-refractivity contribution in [3.8, 4) is 0 Å². The molecule has 1 amide bonds. The molecule has 2 aromatic rings. The minimum Gasteiger partial charge on any atom is -0.340 e. The molecule has 2 aliphatic heterocycles. The molecule has 0 spiro atoms. The molecule has 4 rings (SSSR count). The maximum atomic E-state index is 13.0. The lowest BCUT2D eigenvalue weighted by molar-refractivity contribution is -0.138. The molecular weight excluding hydrogens is 436 g/mol. The smallest absolute Gasteiger partial charge is 0.243 e. The van der Waals surface area contributed by atoms with Crippen LogP contribution in [0.25, 0.3) is 0 Å². The molecule has 2 saturated heterocycles. The summed E-state index contributed by atoms with van der Waals surface area (Å²) >= 11 is 5.87. The Morgan fingerprint density at radius 2 is 1.55 bits per heavy atom. The third kappa shape index (κ3) is 5.26. The average Bonchev–Trinajstić information content (AvgIpc) is 2.80. The molecule has 0 aliphatic carbocycles. The third-order valence-electron chi connectivity index (χ3n) is 6.09. The van der Waals surface area contributed by atoms with Crippen molar-refractivity contribution in [2.75, 3.05) is 39.3 Å². The van der Waals surface area contributed by atoms with Crippen LogP contribution < -0.4 is 0 Å². The normalized spacial score (nSPS) is 19.5. The Balaban J connectivity index is 1.27. The van der Waals surface area contributed by atoms with Crippen LogP contribution in [0.5, 0.6) is 0 Å². The molecule has 0 saturated carbocycles. The number of nitrogens with zero attached hydrogens (tertiary/aromatic N) is 4. The maximum absolute atomic E-state index is 13.0. The molecule has 9 heteroatoms. The predicted octanol–water partition coefficient (Wildman–Crippen LogP) is 2.48. The minimum atomic E-state index is -3.55. The van der Waals surface area contributed by atoms with E-state index in [9.17, 15) is 13.2 Å². The lowest BCUT2D eigenvalue weighted by Gasteiger charge is -2.38. The fourth-order valence-corrected chi connectivity index (χ4v) is 5.83. The first-order valence-electron chi connectivity index (χ1n) is 10.6. The SMILES string of the molecule is O=C(C1CCN(S(=O)(=O)c2ccc(Cl)cc2)CC1)N1CCN(Cc2ccncc2)CC1. The van der Waals surface area contributed by atoms with Crippen LogP contribution in [0.1, 0.15) is 18.4 Å². The molecule has 2 fully saturated rings. The van der Waals surface area contributed by atoms with Gasteiger partial charge in [-0.15, -0.1) is 0 Å². The third-order valence-corrected chi connectivity index (χ3v) is 8.26. The molecule has 0 N–H and O–H groups in total. The highest BCUT2D eigenvalue weighted by atomic mass is 35.5. The molecule has 0 bridgehead atoms. The van der Waals surface area contributed by atoms with E-state index in [0.29, 0.717) is 44.0 Å². The fraction of sp³-hybridized carbons (Fsp3) is 0.455. The van der Waals surface area contributed by atoms with Crippen LogP contribution in [0.2, 0.25) is 5.02 Å². The summed E-state index contributed by atoms with van der Waals surface area (Å²) in [4.78, 5) is 21.6. The highest BCUT2D eigenvalue weighted by Gasteiger charge is 2.34. The predicted molar refractivity (Wildman–Crippen MR) is 119 cm³/mol. The van der Waals surface area contributed by atoms with Crippen molar-refractivity contribution < 1.29 is 13.2 Å². The summed E-state index contributed by atoms with van der Waals surface area (Å²) in [5.74, 6) is 0.0514. The maximum Gasteiger partial charge on any atom is 0.243 e. The van der Waals surface area contributed by atoms with E-state index in [-0.39, 0.29) is 16.7 Å². The number of piperidine rings is 1. The van der Waals surface area contributed by atoms with E-state index in [2.05, 4.69) is 9.88 Å². The van der Waals surface area contributed by atoms with Crippen molar-refractivity contribution in [1.29, 1.82) is 0 Å². The molecule has 3 heterocycles. The Morgan fingerprint density at radius 1 is 0.935 bits per heavy atom. The molecular formula is C22H27ClN4O3S. The van der Waals surface area contributed by atoms with Gasteiger partial charge in [-0.25, -0.2) is 8.42 Å². The zero-order valence-corrected chi connectivity index (χ0v) is 18.9. The van der Waals surface area contributed by atoms with Crippen LogP contribution >= 0.6 is 11.6 Å². The summed E-state index contributed by atoms with van der Waals surface area (Å²) in [6.07, 6.45) is 4.72. The monoisotopic (exact) mass is 462 g/mol. The average molecular weight is 463 g/mol. The van der Waals surface area contributed by atoms with Crippen LogP contribution in [0.15, 0.2) is 53.7 Å². The van der Waals surface area contributed by atoms with Gasteiger partial charge in [0.2, 0.25) is 15.9 Å². The lowest BCUT2D eigenvalue weighted by Crippen LogP contribution is -2.51. The van der Waals surface area contributed by atoms with Crippen LogP contribution in [0, 0.1) is 5.92 Å². The second-order valence-electron chi connectivity index (χ2n) is 8.09. The molecule has 166 valence electrons. The molecule has 31 heavy (non-hydrogen) atoms. The number of hydrogen-bond acceptors (Lipinski definition) is 5. The number of rotatable bonds is 5. The Morgan fingerprint density at radius 3 is 2.16 bits per heavy atom. The fourth-order valence-electron chi connectivity index (χ4n) is 4.23. The molecule has 0 radical (unpaired) electrons. The van der Waals surface area contributed by atoms with E-state index in [1.165, 1.54) is 22.0 Å². The number of aromatic nitrogens is 1. The van der Waals surface area contributed by atoms with Crippen LogP contribution in [-0.4, -0.2) is 72.7 Å². The number of amides is 1. The molecule has 1 aromatic carbocycles. The van der Waals surface area contributed by atoms with Gasteiger partial charge in [0.25, 0.3) is 0 Å². The molecule has 1 aromatic heterocycles. The van der Waals surface area contributed by atoms with Crippen molar-refractivity contribution in [2.24, 2.45) is 5.92 Å². The first-order valence-corrected chi connectivity index (χ1v) is 12.4. The Labute approximate surface area is 188 Å². The summed E-state index contributed by atoms with van der Waals surface area (Å²) in [6.45, 7) is 4.72. The minimum absolute atomic E-state index is 0.108. The Kier molecular flexibility index (Phi) is 6.91. The number of halogens is 1. The largest absolute Gasteiger partial charge is 0.340 e. The Bertz CT molecular complexity index is 985. The van der Waals surface area contributed by atoms with E-state index in [1.54, 1.807) is 24.5 Å². The van der Waals surface area contributed by atoms with Gasteiger partial charge < -0.3 is 4.90 Å². The molecule has 0 atom stereocenters. The highest BCUT2D eigenvalue weighted by molar-refractivity contribution is 7.89. The van der Waals surface area contributed by atoms with Gasteiger partial charge in [0.15, 0.2) is 0 Å². The highest BCUT2D eigenvalue weighted by Crippen LogP contribution is 2.26. The molecule has 0 unspecified atom stereocenters. The number of piperazine rings is 1. The topological polar surface area (TPSA) is 73.8 Å². The van der Waals surface area contributed by atoms with E-state index in [1.807, 2.05) is 17.0 Å². The number of benzene rings is 1. The number of sulfonamides is 1. The Hall–Kier alpha value is -2.00. The van der Waals surface area contributed by atoms with Gasteiger partial charge in [0.05, 0.1) is 4.90 Å². The van der Waals surface area contributed by atoms with Crippen LogP contribution in [0.3, 0.4) is 0 Å². The number of carbonyl (C=O) groups is 1. The van der Waals surface area contributed by atoms with Gasteiger partial charge in [0, 0.05) is 69.1 Å². The van der Waals surface area contributed by atoms with Gasteiger partial charge >= 0.3 is 0 Å². The first kappa shape index (κ1) is 22.2. The summed E-state index contributed by atoms with van der Waals surface area (Å²) in [5, 5.41) is 0.504. The summed E-state index contributed by atoms with van der Waals surface area (Å²) < 4.78 is 27.2. The van der Waals surface area contributed by atoms with Gasteiger partial charge in [-0.3, -0.25) is 14.7 Å². The van der Waals surface area contributed by atoms with Crippen LogP contribution in [0.4, 0.5) is 0 Å². The van der Waals surface area contributed by atoms with Crippen molar-refractivity contribution >= 4 is 27.5 Å². The quantitative estimate of drug-likeness (QED) is 0.682. The number of hydrogen-bond donors (Lipinski definition) is 0. The zero-order chi connectivity index (χ0) is 21.8. The standard InChI is InChI=1S/C22H27ClN4O3S/c23-20-1-3-21(4-2-20)31(29,30)27-11-7-19(8-12-27)22(28)26-15-13-25(14-16-26)17-18-5-9-24-10-6-18/h1-6,9-10,19H,7-8,11-17H2. The van der Waals surface area contributed by atoms with E-state index in [0.717, 1.165) is 19.6 Å². The number of pyridine rings is 1. The summed E-state index contributed by atoms with van der Waals surface area (Å²) in [7, 11) is -3.55. The van der Waals surface area contributed by atoms with Gasteiger partial charge in [-0.1, -0.05) is 11.6 Å². The molecule has 2 aliphatic rings. The van der Waals surface area contributed by atoms with Crippen molar-refractivity contribution in [1.82, 2.24) is 19.1 Å². The second kappa shape index (κ2) is 9.65. The zero-order valence-electron chi connectivity index (χ0n) is 17.4. The van der Waals surface area contributed by atoms with Gasteiger partial charge in [0.1, 0.15) is 0 Å². The van der Waals surface area contributed by atoms with Crippen molar-refractivity contribution in [3.63, 3.8) is 0 Å². The van der Waals surface area contributed by atoms with E-state index >= 15 is 0 Å². The van der Waals surface area contributed by atoms with Crippen LogP contribution in [-0.2, 0) is 21.4 Å². The summed E-state index contributed by atoms with van der Waals surface area (Å²) in [6, 6.07) is 10.3. The second-order valence-corrected chi connectivity index (χ2v) is 10.5. The van der Waals surface area contributed by atoms with Gasteiger partial charge in [-0.2, -0.15) is 4.31 Å². The van der Waals surface area contributed by atoms with Gasteiger partial charge in [-0.05, 0) is 54.8 Å². The van der Waals surface area contributed by atoms with E-state index < -0.39 is 10.0 Å². The van der Waals surface area contributed by atoms with Crippen molar-refractivity contribution in [2.45, 2.75) is 24.3 Å². The number of carbonyl (C=O) groups excluding carboxylic acids is 1. The van der Waals surface area contributed by atoms with Crippen molar-refractivity contribution in [3.05, 3.63) is 59.4 Å². The lowest BCUT2D eigenvalue weighted by atomic mass is 9.96.